The van der Waals surface area contributed by atoms with Gasteiger partial charge in [0.05, 0.1) is 12.8 Å². The van der Waals surface area contributed by atoms with E-state index in [9.17, 15) is 4.79 Å². The Labute approximate surface area is 159 Å². The molecule has 0 aliphatic rings. The van der Waals surface area contributed by atoms with Gasteiger partial charge in [-0.25, -0.2) is 0 Å². The van der Waals surface area contributed by atoms with Crippen LogP contribution in [0.2, 0.25) is 0 Å². The molecule has 2 aromatic carbocycles. The van der Waals surface area contributed by atoms with E-state index in [4.69, 9.17) is 21.7 Å². The number of hydrogen-bond donors (Lipinski definition) is 2. The summed E-state index contributed by atoms with van der Waals surface area (Å²) in [6, 6.07) is 13.4. The maximum absolute atomic E-state index is 12.1. The van der Waals surface area contributed by atoms with E-state index in [0.717, 1.165) is 11.1 Å². The van der Waals surface area contributed by atoms with Gasteiger partial charge in [0.25, 0.3) is 5.91 Å². The Morgan fingerprint density at radius 2 is 1.88 bits per heavy atom. The van der Waals surface area contributed by atoms with Gasteiger partial charge in [0, 0.05) is 0 Å². The number of amides is 1. The van der Waals surface area contributed by atoms with E-state index in [-0.39, 0.29) is 17.6 Å². The number of para-hydroxylation sites is 1. The van der Waals surface area contributed by atoms with Gasteiger partial charge in [-0.1, -0.05) is 38.1 Å². The highest BCUT2D eigenvalue weighted by molar-refractivity contribution is 7.80. The Hall–Kier alpha value is -2.60. The number of nitrogens with one attached hydrogen (secondary N) is 2. The van der Waals surface area contributed by atoms with Crippen molar-refractivity contribution in [1.82, 2.24) is 5.32 Å². The predicted octanol–water partition coefficient (Wildman–Crippen LogP) is 4.02. The molecule has 2 rings (SSSR count). The van der Waals surface area contributed by atoms with Gasteiger partial charge in [0.2, 0.25) is 0 Å². The van der Waals surface area contributed by atoms with Crippen LogP contribution in [0.15, 0.2) is 42.5 Å². The number of aryl methyl sites for hydroxylation is 1. The fourth-order valence-electron chi connectivity index (χ4n) is 2.47. The molecule has 0 radical (unpaired) electrons. The van der Waals surface area contributed by atoms with Crippen LogP contribution in [-0.2, 0) is 4.79 Å². The molecule has 2 aromatic rings. The summed E-state index contributed by atoms with van der Waals surface area (Å²) >= 11 is 5.21. The molecule has 0 saturated heterocycles. The Bertz CT molecular complexity index is 790. The molecule has 26 heavy (non-hydrogen) atoms. The van der Waals surface area contributed by atoms with Gasteiger partial charge >= 0.3 is 0 Å². The first kappa shape index (κ1) is 19.7. The van der Waals surface area contributed by atoms with Crippen LogP contribution in [0.25, 0.3) is 0 Å². The lowest BCUT2D eigenvalue weighted by molar-refractivity contribution is -0.121. The van der Waals surface area contributed by atoms with Crippen LogP contribution in [0.5, 0.6) is 11.5 Å². The summed E-state index contributed by atoms with van der Waals surface area (Å²) in [5.74, 6) is 1.34. The van der Waals surface area contributed by atoms with E-state index in [1.165, 1.54) is 0 Å². The fraction of sp³-hybridized carbons (Fsp3) is 0.300. The van der Waals surface area contributed by atoms with Crippen molar-refractivity contribution in [3.63, 3.8) is 0 Å². The molecule has 1 amide bonds. The molecule has 5 nitrogen and oxygen atoms in total. The summed E-state index contributed by atoms with van der Waals surface area (Å²) in [6.45, 7) is 6.01. The van der Waals surface area contributed by atoms with Crippen LogP contribution in [-0.4, -0.2) is 24.7 Å². The summed E-state index contributed by atoms with van der Waals surface area (Å²) in [6.07, 6.45) is 0. The molecule has 0 bridgehead atoms. The summed E-state index contributed by atoms with van der Waals surface area (Å²) in [4.78, 5) is 12.1. The Morgan fingerprint density at radius 3 is 2.58 bits per heavy atom. The number of carbonyl (C=O) groups is 1. The highest BCUT2D eigenvalue weighted by Crippen LogP contribution is 2.26. The Kier molecular flexibility index (Phi) is 6.97. The molecule has 0 spiro atoms. The van der Waals surface area contributed by atoms with Gasteiger partial charge < -0.3 is 14.8 Å². The lowest BCUT2D eigenvalue weighted by Gasteiger charge is -2.15. The first-order valence-electron chi connectivity index (χ1n) is 8.38. The largest absolute Gasteiger partial charge is 0.495 e. The molecule has 0 unspecified atom stereocenters. The first-order chi connectivity index (χ1) is 12.4. The van der Waals surface area contributed by atoms with E-state index in [1.54, 1.807) is 7.11 Å². The van der Waals surface area contributed by atoms with Crippen molar-refractivity contribution in [3.8, 4) is 11.5 Å². The van der Waals surface area contributed by atoms with Crippen LogP contribution >= 0.6 is 12.2 Å². The average molecular weight is 372 g/mol. The van der Waals surface area contributed by atoms with Crippen LogP contribution in [0.1, 0.15) is 30.9 Å². The average Bonchev–Trinajstić information content (AvgIpc) is 2.60. The second-order valence-corrected chi connectivity index (χ2v) is 6.60. The van der Waals surface area contributed by atoms with Gasteiger partial charge in [-0.3, -0.25) is 10.1 Å². The number of benzene rings is 2. The minimum Gasteiger partial charge on any atom is -0.495 e. The number of ether oxygens (including phenoxy) is 2. The van der Waals surface area contributed by atoms with Crippen molar-refractivity contribution >= 4 is 28.9 Å². The van der Waals surface area contributed by atoms with Crippen molar-refractivity contribution in [1.29, 1.82) is 0 Å². The van der Waals surface area contributed by atoms with E-state index >= 15 is 0 Å². The van der Waals surface area contributed by atoms with Gasteiger partial charge in [-0.2, -0.15) is 0 Å². The third-order valence-electron chi connectivity index (χ3n) is 3.76. The monoisotopic (exact) mass is 372 g/mol. The SMILES string of the molecule is COc1ccc(C)cc1NC(=S)NC(=O)COc1ccccc1C(C)C. The van der Waals surface area contributed by atoms with Crippen molar-refractivity contribution in [3.05, 3.63) is 53.6 Å². The highest BCUT2D eigenvalue weighted by atomic mass is 32.1. The standard InChI is InChI=1S/C20H24N2O3S/c1-13(2)15-7-5-6-8-17(15)25-12-19(23)22-20(26)21-16-11-14(3)9-10-18(16)24-4/h5-11,13H,12H2,1-4H3,(H2,21,22,23,26). The maximum Gasteiger partial charge on any atom is 0.264 e. The molecule has 2 N–H and O–H groups in total. The van der Waals surface area contributed by atoms with Crippen molar-refractivity contribution in [2.75, 3.05) is 19.0 Å². The Morgan fingerprint density at radius 1 is 1.15 bits per heavy atom. The molecule has 0 aromatic heterocycles. The molecule has 0 aliphatic heterocycles. The fourth-order valence-corrected chi connectivity index (χ4v) is 2.69. The lowest BCUT2D eigenvalue weighted by Crippen LogP contribution is -2.37. The normalized spacial score (nSPS) is 10.3. The first-order valence-corrected chi connectivity index (χ1v) is 8.78. The molecule has 0 aliphatic carbocycles. The van der Waals surface area contributed by atoms with Crippen molar-refractivity contribution < 1.29 is 14.3 Å². The zero-order valence-corrected chi connectivity index (χ0v) is 16.3. The summed E-state index contributed by atoms with van der Waals surface area (Å²) in [7, 11) is 1.58. The zero-order valence-electron chi connectivity index (χ0n) is 15.5. The van der Waals surface area contributed by atoms with E-state index in [1.807, 2.05) is 49.4 Å². The molecule has 6 heteroatoms. The van der Waals surface area contributed by atoms with Crippen LogP contribution in [0.3, 0.4) is 0 Å². The second-order valence-electron chi connectivity index (χ2n) is 6.19. The van der Waals surface area contributed by atoms with E-state index in [2.05, 4.69) is 24.5 Å². The lowest BCUT2D eigenvalue weighted by atomic mass is 10.0. The van der Waals surface area contributed by atoms with E-state index in [0.29, 0.717) is 23.1 Å². The zero-order chi connectivity index (χ0) is 19.1. The predicted molar refractivity (Wildman–Crippen MR) is 108 cm³/mol. The van der Waals surface area contributed by atoms with Gasteiger partial charge in [-0.15, -0.1) is 0 Å². The number of carbonyl (C=O) groups excluding carboxylic acids is 1. The van der Waals surface area contributed by atoms with E-state index < -0.39 is 0 Å². The van der Waals surface area contributed by atoms with Gasteiger partial charge in [0.15, 0.2) is 11.7 Å². The summed E-state index contributed by atoms with van der Waals surface area (Å²) < 4.78 is 10.9. The number of hydrogen-bond acceptors (Lipinski definition) is 4. The number of methoxy groups -OCH3 is 1. The second kappa shape index (κ2) is 9.20. The van der Waals surface area contributed by atoms with Crippen molar-refractivity contribution in [2.24, 2.45) is 0 Å². The van der Waals surface area contributed by atoms with Gasteiger partial charge in [0.1, 0.15) is 11.5 Å². The topological polar surface area (TPSA) is 59.6 Å². The molecular formula is C20H24N2O3S. The highest BCUT2D eigenvalue weighted by Gasteiger charge is 2.11. The van der Waals surface area contributed by atoms with Gasteiger partial charge in [-0.05, 0) is 54.4 Å². The third-order valence-corrected chi connectivity index (χ3v) is 3.96. The smallest absolute Gasteiger partial charge is 0.264 e. The number of thiocarbonyl (C=S) groups is 1. The maximum atomic E-state index is 12.1. The molecule has 0 saturated carbocycles. The minimum atomic E-state index is -0.326. The summed E-state index contributed by atoms with van der Waals surface area (Å²) in [5, 5.41) is 5.79. The Balaban J connectivity index is 1.92. The molecular weight excluding hydrogens is 348 g/mol. The molecule has 0 heterocycles. The number of anilines is 1. The third kappa shape index (κ3) is 5.46. The molecule has 0 fully saturated rings. The van der Waals surface area contributed by atoms with Crippen LogP contribution in [0, 0.1) is 6.92 Å². The quantitative estimate of drug-likeness (QED) is 0.750. The van der Waals surface area contributed by atoms with Crippen LogP contribution < -0.4 is 20.1 Å². The number of rotatable bonds is 6. The van der Waals surface area contributed by atoms with Crippen molar-refractivity contribution in [2.45, 2.75) is 26.7 Å². The molecule has 138 valence electrons. The summed E-state index contributed by atoms with van der Waals surface area (Å²) in [5.41, 5.74) is 2.81. The molecule has 0 atom stereocenters. The van der Waals surface area contributed by atoms with Crippen LogP contribution in [0.4, 0.5) is 5.69 Å². The minimum absolute atomic E-state index is 0.115.